The van der Waals surface area contributed by atoms with E-state index in [4.69, 9.17) is 15.0 Å². The summed E-state index contributed by atoms with van der Waals surface area (Å²) in [5.74, 6) is 0.285. The molecule has 1 aliphatic heterocycles. The molecule has 2 heterocycles. The summed E-state index contributed by atoms with van der Waals surface area (Å²) < 4.78 is 36.3. The van der Waals surface area contributed by atoms with Crippen molar-refractivity contribution in [3.8, 4) is 0 Å². The van der Waals surface area contributed by atoms with Gasteiger partial charge in [-0.25, -0.2) is 4.98 Å². The second-order valence-corrected chi connectivity index (χ2v) is 8.05. The highest BCUT2D eigenvalue weighted by molar-refractivity contribution is 9.10. The fourth-order valence-electron chi connectivity index (χ4n) is 2.32. The summed E-state index contributed by atoms with van der Waals surface area (Å²) in [5.41, 5.74) is 6.72. The minimum absolute atomic E-state index is 0.190. The normalized spacial score (nSPS) is 14.3. The molecule has 1 aliphatic rings. The zero-order valence-corrected chi connectivity index (χ0v) is 17.0. The highest BCUT2D eigenvalue weighted by Gasteiger charge is 2.14. The van der Waals surface area contributed by atoms with E-state index in [0.29, 0.717) is 24.6 Å². The van der Waals surface area contributed by atoms with Crippen LogP contribution in [0.15, 0.2) is 45.9 Å². The maximum absolute atomic E-state index is 10.8. The monoisotopic (exact) mass is 457 g/mol. The summed E-state index contributed by atoms with van der Waals surface area (Å²) in [5, 5.41) is 0. The van der Waals surface area contributed by atoms with Crippen molar-refractivity contribution in [1.82, 2.24) is 4.98 Å². The number of halogens is 1. The van der Waals surface area contributed by atoms with Gasteiger partial charge in [0.15, 0.2) is 0 Å². The van der Waals surface area contributed by atoms with Gasteiger partial charge in [0.1, 0.15) is 10.7 Å². The molecule has 0 aliphatic carbocycles. The summed E-state index contributed by atoms with van der Waals surface area (Å²) >= 11 is 3.25. The van der Waals surface area contributed by atoms with E-state index in [2.05, 4.69) is 20.9 Å². The summed E-state index contributed by atoms with van der Waals surface area (Å²) in [7, 11) is -4.16. The number of pyridine rings is 1. The van der Waals surface area contributed by atoms with Crippen molar-refractivity contribution in [2.75, 3.05) is 31.2 Å². The van der Waals surface area contributed by atoms with Crippen LogP contribution in [0.25, 0.3) is 0 Å². The van der Waals surface area contributed by atoms with E-state index in [-0.39, 0.29) is 4.90 Å². The summed E-state index contributed by atoms with van der Waals surface area (Å²) in [6.45, 7) is 4.70. The quantitative estimate of drug-likeness (QED) is 0.675. The maximum atomic E-state index is 10.8. The topological polar surface area (TPSA) is 123 Å². The standard InChI is InChI=1S/C9H12N2O4S.C8H8BrNO/c12-16(13,14)8-1-2-9(10-7-8)11-3-5-15-6-4-11;1-5-2-3-6(8(10)11)7(9)4-5/h1-2,7H,3-6H2,(H,12,13,14);2-4H,1H3,(H2,10,11). The molecule has 3 rings (SSSR count). The molecule has 1 aromatic carbocycles. The Kier molecular flexibility index (Phi) is 7.31. The lowest BCUT2D eigenvalue weighted by Gasteiger charge is -2.27. The molecule has 3 N–H and O–H groups in total. The van der Waals surface area contributed by atoms with Crippen molar-refractivity contribution in [2.45, 2.75) is 11.8 Å². The van der Waals surface area contributed by atoms with Crippen LogP contribution < -0.4 is 10.6 Å². The summed E-state index contributed by atoms with van der Waals surface area (Å²) in [6, 6.07) is 8.34. The summed E-state index contributed by atoms with van der Waals surface area (Å²) in [6.07, 6.45) is 1.15. The summed E-state index contributed by atoms with van der Waals surface area (Å²) in [4.78, 5) is 16.5. The van der Waals surface area contributed by atoms with Gasteiger partial charge in [-0.05, 0) is 52.7 Å². The first-order valence-electron chi connectivity index (χ1n) is 8.00. The van der Waals surface area contributed by atoms with Gasteiger partial charge < -0.3 is 15.4 Å². The Morgan fingerprint density at radius 2 is 1.93 bits per heavy atom. The highest BCUT2D eigenvalue weighted by Crippen LogP contribution is 2.17. The van der Waals surface area contributed by atoms with E-state index < -0.39 is 16.0 Å². The number of morpholine rings is 1. The lowest BCUT2D eigenvalue weighted by atomic mass is 10.1. The Morgan fingerprint density at radius 3 is 2.41 bits per heavy atom. The van der Waals surface area contributed by atoms with Crippen LogP contribution in [0.5, 0.6) is 0 Å². The highest BCUT2D eigenvalue weighted by atomic mass is 79.9. The molecule has 0 unspecified atom stereocenters. The zero-order chi connectivity index (χ0) is 20.0. The zero-order valence-electron chi connectivity index (χ0n) is 14.6. The van der Waals surface area contributed by atoms with Crippen molar-refractivity contribution in [3.05, 3.63) is 52.1 Å². The molecule has 1 aromatic heterocycles. The maximum Gasteiger partial charge on any atom is 0.296 e. The van der Waals surface area contributed by atoms with Crippen LogP contribution in [-0.2, 0) is 14.9 Å². The molecule has 0 bridgehead atoms. The third-order valence-electron chi connectivity index (χ3n) is 3.74. The van der Waals surface area contributed by atoms with Gasteiger partial charge in [-0.3, -0.25) is 9.35 Å². The Hall–Kier alpha value is -2.01. The number of benzene rings is 1. The molecule has 1 amide bonds. The molecule has 8 nitrogen and oxygen atoms in total. The van der Waals surface area contributed by atoms with Gasteiger partial charge >= 0.3 is 0 Å². The van der Waals surface area contributed by atoms with Gasteiger partial charge in [0, 0.05) is 17.6 Å². The average Bonchev–Trinajstić information content (AvgIpc) is 2.62. The Balaban J connectivity index is 0.000000208. The third-order valence-corrected chi connectivity index (χ3v) is 5.24. The number of carbonyl (C=O) groups excluding carboxylic acids is 1. The number of amides is 1. The predicted molar refractivity (Wildman–Crippen MR) is 104 cm³/mol. The Labute approximate surface area is 166 Å². The van der Waals surface area contributed by atoms with Crippen molar-refractivity contribution in [3.63, 3.8) is 0 Å². The van der Waals surface area contributed by atoms with Crippen LogP contribution in [-0.4, -0.2) is 50.2 Å². The number of aryl methyl sites for hydroxylation is 1. The number of nitrogens with zero attached hydrogens (tertiary/aromatic N) is 2. The van der Waals surface area contributed by atoms with Crippen molar-refractivity contribution >= 4 is 37.8 Å². The molecule has 0 spiro atoms. The van der Waals surface area contributed by atoms with Crippen molar-refractivity contribution in [2.24, 2.45) is 5.73 Å². The molecule has 0 atom stereocenters. The van der Waals surface area contributed by atoms with Gasteiger partial charge in [0.2, 0.25) is 5.91 Å². The first-order valence-corrected chi connectivity index (χ1v) is 10.2. The number of ether oxygens (including phenoxy) is 1. The smallest absolute Gasteiger partial charge is 0.296 e. The fraction of sp³-hybridized carbons (Fsp3) is 0.294. The molecule has 1 saturated heterocycles. The fourth-order valence-corrected chi connectivity index (χ4v) is 3.44. The minimum atomic E-state index is -4.16. The van der Waals surface area contributed by atoms with E-state index in [0.717, 1.165) is 29.3 Å². The molecule has 146 valence electrons. The third kappa shape index (κ3) is 6.28. The first kappa shape index (κ1) is 21.3. The molecular weight excluding hydrogens is 438 g/mol. The lowest BCUT2D eigenvalue weighted by Crippen LogP contribution is -2.36. The van der Waals surface area contributed by atoms with Crippen LogP contribution in [0.1, 0.15) is 15.9 Å². The van der Waals surface area contributed by atoms with Crippen LogP contribution in [0, 0.1) is 6.92 Å². The molecule has 27 heavy (non-hydrogen) atoms. The molecule has 0 saturated carbocycles. The van der Waals surface area contributed by atoms with Crippen LogP contribution in [0.3, 0.4) is 0 Å². The predicted octanol–water partition coefficient (Wildman–Crippen LogP) is 2.02. The number of hydrogen-bond donors (Lipinski definition) is 2. The van der Waals surface area contributed by atoms with E-state index in [1.165, 1.54) is 6.07 Å². The minimum Gasteiger partial charge on any atom is -0.378 e. The Bertz CT molecular complexity index is 897. The number of nitrogens with two attached hydrogens (primary N) is 1. The molecular formula is C17H20BrN3O5S. The number of rotatable bonds is 3. The largest absolute Gasteiger partial charge is 0.378 e. The number of hydrogen-bond acceptors (Lipinski definition) is 6. The number of carbonyl (C=O) groups is 1. The lowest BCUT2D eigenvalue weighted by molar-refractivity contribution is 0.0999. The van der Waals surface area contributed by atoms with E-state index in [9.17, 15) is 13.2 Å². The van der Waals surface area contributed by atoms with Crippen molar-refractivity contribution < 1.29 is 22.5 Å². The number of anilines is 1. The van der Waals surface area contributed by atoms with E-state index in [1.54, 1.807) is 12.1 Å². The van der Waals surface area contributed by atoms with Crippen LogP contribution in [0.4, 0.5) is 5.82 Å². The SMILES string of the molecule is Cc1ccc(C(N)=O)c(Br)c1.O=S(=O)(O)c1ccc(N2CCOCC2)nc1. The van der Waals surface area contributed by atoms with Crippen LogP contribution >= 0.6 is 15.9 Å². The first-order chi connectivity index (χ1) is 12.7. The van der Waals surface area contributed by atoms with Gasteiger partial charge in [0.25, 0.3) is 10.1 Å². The van der Waals surface area contributed by atoms with E-state index in [1.807, 2.05) is 24.0 Å². The molecule has 1 fully saturated rings. The average molecular weight is 458 g/mol. The molecule has 2 aromatic rings. The van der Waals surface area contributed by atoms with Gasteiger partial charge in [-0.15, -0.1) is 0 Å². The van der Waals surface area contributed by atoms with Crippen molar-refractivity contribution in [1.29, 1.82) is 0 Å². The van der Waals surface area contributed by atoms with Gasteiger partial charge in [-0.1, -0.05) is 6.07 Å². The second-order valence-electron chi connectivity index (χ2n) is 5.77. The second kappa shape index (κ2) is 9.27. The van der Waals surface area contributed by atoms with Gasteiger partial charge in [-0.2, -0.15) is 8.42 Å². The van der Waals surface area contributed by atoms with Gasteiger partial charge in [0.05, 0.1) is 25.0 Å². The van der Waals surface area contributed by atoms with E-state index >= 15 is 0 Å². The number of primary amides is 1. The Morgan fingerprint density at radius 1 is 1.26 bits per heavy atom. The molecule has 0 radical (unpaired) electrons. The van der Waals surface area contributed by atoms with Crippen LogP contribution in [0.2, 0.25) is 0 Å². The molecule has 10 heteroatoms. The number of aromatic nitrogens is 1.